The van der Waals surface area contributed by atoms with Gasteiger partial charge in [-0.1, -0.05) is 19.9 Å². The van der Waals surface area contributed by atoms with Crippen molar-refractivity contribution in [2.24, 2.45) is 5.92 Å². The molecule has 1 unspecified atom stereocenters. The van der Waals surface area contributed by atoms with Gasteiger partial charge in [0.05, 0.1) is 23.6 Å². The summed E-state index contributed by atoms with van der Waals surface area (Å²) in [6.07, 6.45) is 0.0850. The lowest BCUT2D eigenvalue weighted by molar-refractivity contribution is -0.122. The first-order chi connectivity index (χ1) is 17.8. The minimum absolute atomic E-state index is 0.0276. The highest BCUT2D eigenvalue weighted by atomic mass is 32.1. The van der Waals surface area contributed by atoms with E-state index >= 15 is 0 Å². The monoisotopic (exact) mass is 518 g/mol. The van der Waals surface area contributed by atoms with Crippen LogP contribution in [0.5, 0.6) is 5.75 Å². The fraction of sp³-hybridized carbons (Fsp3) is 0.269. The summed E-state index contributed by atoms with van der Waals surface area (Å²) < 4.78 is 6.62. The van der Waals surface area contributed by atoms with Crippen LogP contribution in [0, 0.1) is 5.92 Å². The van der Waals surface area contributed by atoms with Crippen molar-refractivity contribution in [3.8, 4) is 22.3 Å². The van der Waals surface area contributed by atoms with E-state index in [0.29, 0.717) is 28.6 Å². The highest BCUT2D eigenvalue weighted by Gasteiger charge is 2.35. The summed E-state index contributed by atoms with van der Waals surface area (Å²) in [6, 6.07) is 14.2. The summed E-state index contributed by atoms with van der Waals surface area (Å²) >= 11 is 1.51. The van der Waals surface area contributed by atoms with Gasteiger partial charge in [0, 0.05) is 30.8 Å². The zero-order chi connectivity index (χ0) is 26.1. The number of carbonyl (C=O) groups is 2. The van der Waals surface area contributed by atoms with Gasteiger partial charge in [-0.05, 0) is 41.6 Å². The van der Waals surface area contributed by atoms with Crippen LogP contribution in [0.3, 0.4) is 0 Å². The summed E-state index contributed by atoms with van der Waals surface area (Å²) in [6.45, 7) is 4.14. The molecule has 2 N–H and O–H groups in total. The second kappa shape index (κ2) is 10.0. The Labute approximate surface area is 216 Å². The summed E-state index contributed by atoms with van der Waals surface area (Å²) in [5.41, 5.74) is 1.64. The predicted molar refractivity (Wildman–Crippen MR) is 141 cm³/mol. The number of aromatic amines is 1. The zero-order valence-corrected chi connectivity index (χ0v) is 21.4. The molecule has 4 aromatic rings. The molecular formula is C26H26N6O4S. The fourth-order valence-electron chi connectivity index (χ4n) is 4.16. The predicted octanol–water partition coefficient (Wildman–Crippen LogP) is 3.81. The number of hydrogen-bond acceptors (Lipinski definition) is 7. The van der Waals surface area contributed by atoms with Crippen LogP contribution in [0.1, 0.15) is 31.9 Å². The highest BCUT2D eigenvalue weighted by Crippen LogP contribution is 2.30. The van der Waals surface area contributed by atoms with Crippen LogP contribution in [-0.4, -0.2) is 45.2 Å². The largest absolute Gasteiger partial charge is 0.497 e. The Morgan fingerprint density at radius 2 is 1.97 bits per heavy atom. The van der Waals surface area contributed by atoms with Gasteiger partial charge in [0.15, 0.2) is 0 Å². The van der Waals surface area contributed by atoms with Crippen LogP contribution < -0.4 is 20.5 Å². The van der Waals surface area contributed by atoms with E-state index in [0.717, 1.165) is 4.88 Å². The number of carbonyl (C=O) groups excluding carboxylic acids is 2. The van der Waals surface area contributed by atoms with E-state index in [9.17, 15) is 14.4 Å². The minimum Gasteiger partial charge on any atom is -0.497 e. The number of benzene rings is 1. The molecule has 1 aromatic carbocycles. The third-order valence-corrected chi connectivity index (χ3v) is 7.05. The minimum atomic E-state index is -0.558. The molecule has 1 aliphatic rings. The molecule has 0 aliphatic carbocycles. The van der Waals surface area contributed by atoms with Gasteiger partial charge < -0.3 is 15.0 Å². The number of nitrogens with zero attached hydrogens (tertiary/aromatic N) is 4. The normalized spacial score (nSPS) is 15.4. The molecule has 3 aromatic heterocycles. The Balaban J connectivity index is 1.43. The number of nitrogens with one attached hydrogen (secondary N) is 2. The molecule has 190 valence electrons. The number of aromatic nitrogens is 4. The smallest absolute Gasteiger partial charge is 0.252 e. The number of amides is 2. The SMILES string of the molecule is COc1ccc(N2CC(C(=O)Nc3cc(-c4cccs4)nn3-c3nc(C(C)C)cc(=O)[nH]3)CC2=O)cc1. The van der Waals surface area contributed by atoms with Gasteiger partial charge in [-0.25, -0.2) is 4.98 Å². The second-order valence-corrected chi connectivity index (χ2v) is 9.99. The number of ether oxygens (including phenoxy) is 1. The lowest BCUT2D eigenvalue weighted by Gasteiger charge is -2.17. The molecule has 5 rings (SSSR count). The average Bonchev–Trinajstić information content (AvgIpc) is 3.64. The first kappa shape index (κ1) is 24.4. The molecule has 1 aliphatic heterocycles. The van der Waals surface area contributed by atoms with E-state index in [1.165, 1.54) is 22.1 Å². The first-order valence-electron chi connectivity index (χ1n) is 11.8. The summed E-state index contributed by atoms with van der Waals surface area (Å²) in [4.78, 5) is 48.2. The third-order valence-electron chi connectivity index (χ3n) is 6.16. The molecule has 1 atom stereocenters. The molecule has 1 fully saturated rings. The first-order valence-corrected chi connectivity index (χ1v) is 12.7. The van der Waals surface area contributed by atoms with Gasteiger partial charge in [-0.15, -0.1) is 11.3 Å². The van der Waals surface area contributed by atoms with E-state index in [1.807, 2.05) is 31.4 Å². The van der Waals surface area contributed by atoms with Gasteiger partial charge in [-0.2, -0.15) is 9.78 Å². The lowest BCUT2D eigenvalue weighted by Crippen LogP contribution is -2.29. The Kier molecular flexibility index (Phi) is 6.62. The maximum absolute atomic E-state index is 13.3. The van der Waals surface area contributed by atoms with Crippen molar-refractivity contribution >= 4 is 34.7 Å². The molecule has 11 heteroatoms. The van der Waals surface area contributed by atoms with Crippen molar-refractivity contribution in [2.75, 3.05) is 23.9 Å². The molecular weight excluding hydrogens is 492 g/mol. The molecule has 0 saturated carbocycles. The van der Waals surface area contributed by atoms with Gasteiger partial charge in [0.2, 0.25) is 17.8 Å². The number of methoxy groups -OCH3 is 1. The van der Waals surface area contributed by atoms with Crippen molar-refractivity contribution in [1.29, 1.82) is 0 Å². The van der Waals surface area contributed by atoms with E-state index in [4.69, 9.17) is 4.74 Å². The summed E-state index contributed by atoms with van der Waals surface area (Å²) in [7, 11) is 1.58. The molecule has 1 saturated heterocycles. The maximum Gasteiger partial charge on any atom is 0.252 e. The van der Waals surface area contributed by atoms with Crippen LogP contribution in [0.2, 0.25) is 0 Å². The number of anilines is 2. The molecule has 0 bridgehead atoms. The second-order valence-electron chi connectivity index (χ2n) is 9.05. The Morgan fingerprint density at radius 3 is 2.65 bits per heavy atom. The number of thiophene rings is 1. The Hall–Kier alpha value is -4.25. The molecule has 4 heterocycles. The van der Waals surface area contributed by atoms with Gasteiger partial charge in [-0.3, -0.25) is 19.4 Å². The van der Waals surface area contributed by atoms with E-state index in [1.54, 1.807) is 42.3 Å². The van der Waals surface area contributed by atoms with E-state index < -0.39 is 5.92 Å². The molecule has 0 spiro atoms. The molecule has 0 radical (unpaired) electrons. The Morgan fingerprint density at radius 1 is 1.19 bits per heavy atom. The summed E-state index contributed by atoms with van der Waals surface area (Å²) in [5.74, 6) is 0.272. The lowest BCUT2D eigenvalue weighted by atomic mass is 10.1. The van der Waals surface area contributed by atoms with Crippen LogP contribution in [0.4, 0.5) is 11.5 Å². The number of hydrogen-bond donors (Lipinski definition) is 2. The van der Waals surface area contributed by atoms with Crippen LogP contribution >= 0.6 is 11.3 Å². The topological polar surface area (TPSA) is 122 Å². The average molecular weight is 519 g/mol. The van der Waals surface area contributed by atoms with E-state index in [-0.39, 0.29) is 42.2 Å². The molecule has 37 heavy (non-hydrogen) atoms. The van der Waals surface area contributed by atoms with Gasteiger partial charge in [0.25, 0.3) is 5.56 Å². The standard InChI is InChI=1S/C26H26N6O4S/c1-15(2)19-13-23(33)29-26(27-19)32-22(12-20(30-32)21-5-4-10-37-21)28-25(35)16-11-24(34)31(14-16)17-6-8-18(36-3)9-7-17/h4-10,12-13,15-16H,11,14H2,1-3H3,(H,28,35)(H,27,29,33). The van der Waals surface area contributed by atoms with Crippen molar-refractivity contribution in [2.45, 2.75) is 26.2 Å². The van der Waals surface area contributed by atoms with Crippen LogP contribution in [0.15, 0.2) is 58.7 Å². The Bertz CT molecular complexity index is 1490. The number of H-pyrrole nitrogens is 1. The molecule has 2 amide bonds. The quantitative estimate of drug-likeness (QED) is 0.384. The van der Waals surface area contributed by atoms with Gasteiger partial charge >= 0.3 is 0 Å². The maximum atomic E-state index is 13.3. The van der Waals surface area contributed by atoms with Crippen LogP contribution in [-0.2, 0) is 9.59 Å². The molecule has 10 nitrogen and oxygen atoms in total. The third kappa shape index (κ3) is 5.03. The van der Waals surface area contributed by atoms with Crippen LogP contribution in [0.25, 0.3) is 16.5 Å². The highest BCUT2D eigenvalue weighted by molar-refractivity contribution is 7.13. The van der Waals surface area contributed by atoms with E-state index in [2.05, 4.69) is 20.4 Å². The fourth-order valence-corrected chi connectivity index (χ4v) is 4.84. The van der Waals surface area contributed by atoms with Gasteiger partial charge in [0.1, 0.15) is 17.3 Å². The summed E-state index contributed by atoms with van der Waals surface area (Å²) in [5, 5.41) is 9.48. The van der Waals surface area contributed by atoms with Crippen molar-refractivity contribution in [3.05, 3.63) is 70.0 Å². The number of rotatable bonds is 7. The van der Waals surface area contributed by atoms with Crippen molar-refractivity contribution in [3.63, 3.8) is 0 Å². The van der Waals surface area contributed by atoms with Crippen molar-refractivity contribution < 1.29 is 14.3 Å². The zero-order valence-electron chi connectivity index (χ0n) is 20.6. The van der Waals surface area contributed by atoms with Crippen molar-refractivity contribution in [1.82, 2.24) is 19.7 Å².